The Bertz CT molecular complexity index is 362. The van der Waals surface area contributed by atoms with Crippen LogP contribution in [0.3, 0.4) is 0 Å². The van der Waals surface area contributed by atoms with E-state index in [9.17, 15) is 4.79 Å². The maximum atomic E-state index is 10.5. The van der Waals surface area contributed by atoms with E-state index in [4.69, 9.17) is 4.74 Å². The molecule has 1 aromatic rings. The highest BCUT2D eigenvalue weighted by molar-refractivity contribution is 7.12. The molecule has 0 amide bonds. The van der Waals surface area contributed by atoms with Crippen LogP contribution in [0.15, 0.2) is 11.4 Å². The van der Waals surface area contributed by atoms with Gasteiger partial charge in [0.1, 0.15) is 0 Å². The fourth-order valence-electron chi connectivity index (χ4n) is 2.09. The van der Waals surface area contributed by atoms with Crippen LogP contribution < -0.4 is 4.90 Å². The number of aldehydes is 1. The molecule has 1 aromatic heterocycles. The van der Waals surface area contributed by atoms with Crippen LogP contribution in [0.4, 0.5) is 5.69 Å². The molecule has 3 rings (SSSR count). The van der Waals surface area contributed by atoms with Gasteiger partial charge in [0, 0.05) is 24.2 Å². The lowest BCUT2D eigenvalue weighted by Gasteiger charge is -2.55. The zero-order valence-corrected chi connectivity index (χ0v) is 8.55. The Labute approximate surface area is 86.3 Å². The third-order valence-corrected chi connectivity index (χ3v) is 3.80. The molecule has 0 saturated carbocycles. The average molecular weight is 209 g/mol. The van der Waals surface area contributed by atoms with Crippen LogP contribution in [0.2, 0.25) is 0 Å². The molecule has 14 heavy (non-hydrogen) atoms. The summed E-state index contributed by atoms with van der Waals surface area (Å²) in [4.78, 5) is 13.6. The summed E-state index contributed by atoms with van der Waals surface area (Å²) in [6, 6.07) is 1.96. The fraction of sp³-hybridized carbons (Fsp3) is 0.500. The first-order valence-corrected chi connectivity index (χ1v) is 5.56. The Hall–Kier alpha value is -0.870. The van der Waals surface area contributed by atoms with Crippen molar-refractivity contribution in [2.24, 2.45) is 5.41 Å². The van der Waals surface area contributed by atoms with E-state index in [2.05, 4.69) is 10.3 Å². The predicted octanol–water partition coefficient (Wildman–Crippen LogP) is 1.40. The smallest absolute Gasteiger partial charge is 0.160 e. The molecule has 2 fully saturated rings. The van der Waals surface area contributed by atoms with Gasteiger partial charge < -0.3 is 9.64 Å². The summed E-state index contributed by atoms with van der Waals surface area (Å²) in [5.74, 6) is 0. The number of carbonyl (C=O) groups is 1. The molecule has 0 aromatic carbocycles. The van der Waals surface area contributed by atoms with Crippen LogP contribution in [-0.4, -0.2) is 32.6 Å². The Morgan fingerprint density at radius 2 is 2.29 bits per heavy atom. The van der Waals surface area contributed by atoms with Crippen LogP contribution in [0, 0.1) is 5.41 Å². The number of anilines is 1. The Kier molecular flexibility index (Phi) is 1.69. The lowest BCUT2D eigenvalue weighted by atomic mass is 9.78. The number of ether oxygens (including phenoxy) is 1. The van der Waals surface area contributed by atoms with E-state index in [1.54, 1.807) is 0 Å². The first-order chi connectivity index (χ1) is 6.81. The molecule has 3 nitrogen and oxygen atoms in total. The van der Waals surface area contributed by atoms with Gasteiger partial charge in [-0.1, -0.05) is 0 Å². The monoisotopic (exact) mass is 209 g/mol. The van der Waals surface area contributed by atoms with Crippen LogP contribution in [0.5, 0.6) is 0 Å². The summed E-state index contributed by atoms with van der Waals surface area (Å²) >= 11 is 1.51. The molecule has 74 valence electrons. The lowest BCUT2D eigenvalue weighted by Crippen LogP contribution is -2.66. The maximum absolute atomic E-state index is 10.5. The summed E-state index contributed by atoms with van der Waals surface area (Å²) in [6.07, 6.45) is 0.913. The normalized spacial score (nSPS) is 23.0. The SMILES string of the molecule is O=Cc1cc(N2CC3(COC3)C2)cs1. The van der Waals surface area contributed by atoms with E-state index in [1.165, 1.54) is 17.0 Å². The van der Waals surface area contributed by atoms with Crippen molar-refractivity contribution in [1.82, 2.24) is 0 Å². The first kappa shape index (κ1) is 8.44. The molecule has 0 N–H and O–H groups in total. The van der Waals surface area contributed by atoms with E-state index in [-0.39, 0.29) is 0 Å². The van der Waals surface area contributed by atoms with Crippen molar-refractivity contribution in [3.8, 4) is 0 Å². The molecule has 0 radical (unpaired) electrons. The van der Waals surface area contributed by atoms with Crippen LogP contribution in [0.1, 0.15) is 9.67 Å². The Balaban J connectivity index is 1.70. The molecular formula is C10H11NO2S. The van der Waals surface area contributed by atoms with Gasteiger partial charge in [-0.2, -0.15) is 0 Å². The van der Waals surface area contributed by atoms with Crippen molar-refractivity contribution in [3.63, 3.8) is 0 Å². The zero-order valence-electron chi connectivity index (χ0n) is 7.73. The Morgan fingerprint density at radius 3 is 2.79 bits per heavy atom. The van der Waals surface area contributed by atoms with E-state index in [0.29, 0.717) is 5.41 Å². The van der Waals surface area contributed by atoms with Gasteiger partial charge in [0.2, 0.25) is 0 Å². The van der Waals surface area contributed by atoms with Crippen molar-refractivity contribution in [3.05, 3.63) is 16.3 Å². The van der Waals surface area contributed by atoms with E-state index in [1.807, 2.05) is 6.07 Å². The standard InChI is InChI=1S/C10H11NO2S/c12-2-9-1-8(3-14-9)11-4-10(5-11)6-13-7-10/h1-3H,4-7H2. The predicted molar refractivity (Wildman–Crippen MR) is 55.2 cm³/mol. The molecule has 1 spiro atoms. The van der Waals surface area contributed by atoms with Gasteiger partial charge in [-0.15, -0.1) is 11.3 Å². The van der Waals surface area contributed by atoms with Gasteiger partial charge in [0.05, 0.1) is 23.5 Å². The van der Waals surface area contributed by atoms with Gasteiger partial charge in [0.15, 0.2) is 6.29 Å². The summed E-state index contributed by atoms with van der Waals surface area (Å²) < 4.78 is 5.21. The average Bonchev–Trinajstić information content (AvgIpc) is 2.47. The van der Waals surface area contributed by atoms with Gasteiger partial charge in [-0.25, -0.2) is 0 Å². The van der Waals surface area contributed by atoms with Crippen LogP contribution >= 0.6 is 11.3 Å². The number of rotatable bonds is 2. The minimum atomic E-state index is 0.448. The van der Waals surface area contributed by atoms with Crippen molar-refractivity contribution in [2.45, 2.75) is 0 Å². The van der Waals surface area contributed by atoms with E-state index >= 15 is 0 Å². The molecule has 0 aliphatic carbocycles. The highest BCUT2D eigenvalue weighted by Crippen LogP contribution is 2.41. The van der Waals surface area contributed by atoms with E-state index < -0.39 is 0 Å². The molecule has 3 heterocycles. The van der Waals surface area contributed by atoms with Gasteiger partial charge >= 0.3 is 0 Å². The summed E-state index contributed by atoms with van der Waals surface area (Å²) in [6.45, 7) is 3.99. The lowest BCUT2D eigenvalue weighted by molar-refractivity contribution is -0.127. The highest BCUT2D eigenvalue weighted by Gasteiger charge is 2.49. The van der Waals surface area contributed by atoms with E-state index in [0.717, 1.165) is 37.5 Å². The molecule has 2 saturated heterocycles. The zero-order chi connectivity index (χ0) is 9.60. The summed E-state index contributed by atoms with van der Waals surface area (Å²) in [5.41, 5.74) is 1.64. The topological polar surface area (TPSA) is 29.5 Å². The highest BCUT2D eigenvalue weighted by atomic mass is 32.1. The molecular weight excluding hydrogens is 198 g/mol. The molecule has 0 atom stereocenters. The third kappa shape index (κ3) is 1.11. The quantitative estimate of drug-likeness (QED) is 0.689. The third-order valence-electron chi connectivity index (χ3n) is 2.96. The van der Waals surface area contributed by atoms with Gasteiger partial charge in [0.25, 0.3) is 0 Å². The first-order valence-electron chi connectivity index (χ1n) is 4.68. The Morgan fingerprint density at radius 1 is 1.50 bits per heavy atom. The second-order valence-corrected chi connectivity index (χ2v) is 5.12. The van der Waals surface area contributed by atoms with Crippen LogP contribution in [0.25, 0.3) is 0 Å². The number of hydrogen-bond donors (Lipinski definition) is 0. The summed E-state index contributed by atoms with van der Waals surface area (Å²) in [7, 11) is 0. The molecule has 4 heteroatoms. The molecule has 0 bridgehead atoms. The maximum Gasteiger partial charge on any atom is 0.160 e. The fourth-order valence-corrected chi connectivity index (χ4v) is 2.81. The largest absolute Gasteiger partial charge is 0.380 e. The summed E-state index contributed by atoms with van der Waals surface area (Å²) in [5, 5.41) is 2.05. The number of thiophene rings is 1. The van der Waals surface area contributed by atoms with Gasteiger partial charge in [-0.3, -0.25) is 4.79 Å². The van der Waals surface area contributed by atoms with Crippen molar-refractivity contribution in [1.29, 1.82) is 0 Å². The molecule has 2 aliphatic heterocycles. The number of hydrogen-bond acceptors (Lipinski definition) is 4. The van der Waals surface area contributed by atoms with Crippen molar-refractivity contribution < 1.29 is 9.53 Å². The minimum absolute atomic E-state index is 0.448. The molecule has 0 unspecified atom stereocenters. The van der Waals surface area contributed by atoms with Gasteiger partial charge in [-0.05, 0) is 6.07 Å². The second-order valence-electron chi connectivity index (χ2n) is 4.17. The van der Waals surface area contributed by atoms with Crippen molar-refractivity contribution in [2.75, 3.05) is 31.2 Å². The molecule has 2 aliphatic rings. The minimum Gasteiger partial charge on any atom is -0.380 e. The second kappa shape index (κ2) is 2.81. The van der Waals surface area contributed by atoms with Crippen LogP contribution in [-0.2, 0) is 4.74 Å². The number of nitrogens with zero attached hydrogens (tertiary/aromatic N) is 1. The van der Waals surface area contributed by atoms with Crippen molar-refractivity contribution >= 4 is 23.3 Å². The number of carbonyl (C=O) groups excluding carboxylic acids is 1.